The van der Waals surface area contributed by atoms with Gasteiger partial charge in [-0.2, -0.15) is 13.9 Å². The molecule has 0 aliphatic heterocycles. The quantitative estimate of drug-likeness (QED) is 0.401. The first kappa shape index (κ1) is 22.8. The normalized spacial score (nSPS) is 12.7. The average Bonchev–Trinajstić information content (AvgIpc) is 3.30. The Morgan fingerprint density at radius 2 is 1.97 bits per heavy atom. The minimum atomic E-state index is -3.99. The molecule has 4 aromatic rings. The number of carbonyl (C=O) groups is 1. The average molecular weight is 459 g/mol. The van der Waals surface area contributed by atoms with Crippen molar-refractivity contribution in [2.45, 2.75) is 38.5 Å². The Hall–Kier alpha value is -3.33. The lowest BCUT2D eigenvalue weighted by Gasteiger charge is -2.29. The molecule has 0 unspecified atom stereocenters. The van der Waals surface area contributed by atoms with E-state index in [0.717, 1.165) is 5.39 Å². The summed E-state index contributed by atoms with van der Waals surface area (Å²) in [5.74, 6) is -6.57. The maximum absolute atomic E-state index is 14.6. The van der Waals surface area contributed by atoms with Crippen LogP contribution in [0.1, 0.15) is 30.7 Å². The van der Waals surface area contributed by atoms with E-state index in [1.165, 1.54) is 13.2 Å². The molecule has 4 rings (SSSR count). The van der Waals surface area contributed by atoms with Gasteiger partial charge in [0.25, 0.3) is 0 Å². The van der Waals surface area contributed by atoms with Gasteiger partial charge in [0.05, 0.1) is 30.3 Å². The van der Waals surface area contributed by atoms with Crippen molar-refractivity contribution in [2.24, 2.45) is 0 Å². The van der Waals surface area contributed by atoms with Gasteiger partial charge in [0, 0.05) is 34.7 Å². The molecule has 174 valence electrons. The monoisotopic (exact) mass is 459 g/mol. The molecule has 0 atom stereocenters. The van der Waals surface area contributed by atoms with Crippen molar-refractivity contribution in [3.8, 4) is 5.69 Å². The number of aromatic nitrogens is 3. The van der Waals surface area contributed by atoms with E-state index in [1.54, 1.807) is 35.9 Å². The number of ether oxygens (including phenoxy) is 1. The van der Waals surface area contributed by atoms with Crippen molar-refractivity contribution in [3.63, 3.8) is 0 Å². The van der Waals surface area contributed by atoms with Crippen LogP contribution in [0.5, 0.6) is 0 Å². The number of methoxy groups -OCH3 is 1. The molecule has 0 radical (unpaired) electrons. The van der Waals surface area contributed by atoms with Crippen LogP contribution in [0.3, 0.4) is 0 Å². The van der Waals surface area contributed by atoms with E-state index in [-0.39, 0.29) is 18.0 Å². The summed E-state index contributed by atoms with van der Waals surface area (Å²) in [7, 11) is 1.51. The van der Waals surface area contributed by atoms with Crippen molar-refractivity contribution in [1.82, 2.24) is 14.8 Å². The lowest BCUT2D eigenvalue weighted by molar-refractivity contribution is -0.164. The second-order valence-corrected chi connectivity index (χ2v) is 8.93. The molecule has 2 aromatic carbocycles. The predicted molar refractivity (Wildman–Crippen MR) is 119 cm³/mol. The third kappa shape index (κ3) is 3.86. The molecule has 2 heterocycles. The zero-order valence-corrected chi connectivity index (χ0v) is 18.7. The minimum Gasteiger partial charge on any atom is -0.477 e. The second-order valence-electron chi connectivity index (χ2n) is 8.93. The maximum atomic E-state index is 14.6. The molecule has 9 heteroatoms. The molecule has 6 nitrogen and oxygen atoms in total. The number of fused-ring (bicyclic) bond motifs is 2. The van der Waals surface area contributed by atoms with Gasteiger partial charge in [-0.15, -0.1) is 0 Å². The number of aliphatic carboxylic acids is 1. The Labute approximate surface area is 188 Å². The lowest BCUT2D eigenvalue weighted by atomic mass is 9.85. The highest BCUT2D eigenvalue weighted by molar-refractivity contribution is 5.99. The van der Waals surface area contributed by atoms with E-state index < -0.39 is 23.7 Å². The highest BCUT2D eigenvalue weighted by atomic mass is 19.3. The van der Waals surface area contributed by atoms with Gasteiger partial charge in [-0.05, 0) is 48.4 Å². The smallest absolute Gasteiger partial charge is 0.374 e. The van der Waals surface area contributed by atoms with Crippen LogP contribution in [-0.2, 0) is 21.4 Å². The van der Waals surface area contributed by atoms with Crippen LogP contribution in [0.4, 0.5) is 13.2 Å². The van der Waals surface area contributed by atoms with E-state index in [2.05, 4.69) is 10.2 Å². The van der Waals surface area contributed by atoms with Crippen molar-refractivity contribution in [3.05, 3.63) is 59.2 Å². The summed E-state index contributed by atoms with van der Waals surface area (Å²) < 4.78 is 50.4. The number of nitrogens with zero attached hydrogens (tertiary/aromatic N) is 2. The molecule has 0 saturated carbocycles. The summed E-state index contributed by atoms with van der Waals surface area (Å²) in [6.45, 7) is 5.49. The van der Waals surface area contributed by atoms with E-state index >= 15 is 0 Å². The fourth-order valence-electron chi connectivity index (χ4n) is 4.44. The van der Waals surface area contributed by atoms with Gasteiger partial charge in [-0.1, -0.05) is 13.8 Å². The summed E-state index contributed by atoms with van der Waals surface area (Å²) in [5.41, 5.74) is 2.07. The first-order valence-corrected chi connectivity index (χ1v) is 10.3. The molecular weight excluding hydrogens is 435 g/mol. The third-order valence-electron chi connectivity index (χ3n) is 5.89. The third-order valence-corrected chi connectivity index (χ3v) is 5.89. The van der Waals surface area contributed by atoms with E-state index in [4.69, 9.17) is 9.84 Å². The number of carboxylic acid groups (broad SMARTS) is 1. The Bertz CT molecular complexity index is 1370. The summed E-state index contributed by atoms with van der Waals surface area (Å²) >= 11 is 0. The summed E-state index contributed by atoms with van der Waals surface area (Å²) in [4.78, 5) is 11.3. The topological polar surface area (TPSA) is 80.1 Å². The Balaban J connectivity index is 2.16. The van der Waals surface area contributed by atoms with Crippen molar-refractivity contribution in [1.29, 1.82) is 0 Å². The number of halogens is 3. The largest absolute Gasteiger partial charge is 0.477 e. The number of aryl methyl sites for hydroxylation is 1. The van der Waals surface area contributed by atoms with E-state index in [9.17, 15) is 18.0 Å². The van der Waals surface area contributed by atoms with Crippen LogP contribution in [0, 0.1) is 12.7 Å². The molecular formula is C24H24F3N3O3. The predicted octanol–water partition coefficient (Wildman–Crippen LogP) is 5.14. The zero-order chi connectivity index (χ0) is 24.1. The maximum Gasteiger partial charge on any atom is 0.374 e. The van der Waals surface area contributed by atoms with Crippen LogP contribution in [0.25, 0.3) is 27.5 Å². The van der Waals surface area contributed by atoms with Crippen molar-refractivity contribution >= 4 is 27.8 Å². The molecule has 0 saturated heterocycles. The van der Waals surface area contributed by atoms with E-state index in [0.29, 0.717) is 33.4 Å². The molecule has 0 bridgehead atoms. The number of hydrogen-bond acceptors (Lipinski definition) is 3. The Morgan fingerprint density at radius 3 is 2.61 bits per heavy atom. The standard InChI is InChI=1S/C24H24F3N3O3/c1-13-7-15(5-6-18(13)25)30-20-8-14-11-28-29-19(14)9-16(20)17(10-24(26,27)22(31)32)21(30)23(2,3)12-33-4/h5-9,11H,10,12H2,1-4H3,(H,28,29)(H,31,32). The highest BCUT2D eigenvalue weighted by Gasteiger charge is 2.43. The summed E-state index contributed by atoms with van der Waals surface area (Å²) in [5, 5.41) is 17.2. The number of carboxylic acids is 1. The fraction of sp³-hybridized carbons (Fsp3) is 0.333. The molecule has 33 heavy (non-hydrogen) atoms. The van der Waals surface area contributed by atoms with Crippen molar-refractivity contribution < 1.29 is 27.8 Å². The van der Waals surface area contributed by atoms with Gasteiger partial charge in [0.1, 0.15) is 5.82 Å². The zero-order valence-electron chi connectivity index (χ0n) is 18.7. The van der Waals surface area contributed by atoms with Crippen LogP contribution < -0.4 is 0 Å². The van der Waals surface area contributed by atoms with Gasteiger partial charge in [0.15, 0.2) is 0 Å². The van der Waals surface area contributed by atoms with Crippen LogP contribution >= 0.6 is 0 Å². The fourth-order valence-corrected chi connectivity index (χ4v) is 4.44. The van der Waals surface area contributed by atoms with Gasteiger partial charge in [-0.25, -0.2) is 9.18 Å². The van der Waals surface area contributed by atoms with Gasteiger partial charge >= 0.3 is 11.9 Å². The summed E-state index contributed by atoms with van der Waals surface area (Å²) in [6.07, 6.45) is 0.613. The SMILES string of the molecule is COCC(C)(C)c1c(CC(F)(F)C(=O)O)c2cc3[nH]ncc3cc2n1-c1ccc(F)c(C)c1. The Morgan fingerprint density at radius 1 is 1.24 bits per heavy atom. The van der Waals surface area contributed by atoms with Gasteiger partial charge in [0.2, 0.25) is 0 Å². The number of H-pyrrole nitrogens is 1. The Kier molecular flexibility index (Phi) is 5.48. The first-order chi connectivity index (χ1) is 15.5. The molecule has 2 aromatic heterocycles. The number of aromatic amines is 1. The van der Waals surface area contributed by atoms with Crippen LogP contribution in [-0.4, -0.2) is 45.5 Å². The molecule has 0 aliphatic rings. The molecule has 0 spiro atoms. The number of nitrogens with one attached hydrogen (secondary N) is 1. The van der Waals surface area contributed by atoms with Gasteiger partial charge < -0.3 is 14.4 Å². The number of rotatable bonds is 7. The minimum absolute atomic E-state index is 0.189. The number of alkyl halides is 2. The second kappa shape index (κ2) is 7.91. The van der Waals surface area contributed by atoms with Crippen LogP contribution in [0.2, 0.25) is 0 Å². The lowest BCUT2D eigenvalue weighted by Crippen LogP contribution is -2.33. The van der Waals surface area contributed by atoms with Gasteiger partial charge in [-0.3, -0.25) is 5.10 Å². The molecule has 0 amide bonds. The number of hydrogen-bond donors (Lipinski definition) is 2. The molecule has 2 N–H and O–H groups in total. The van der Waals surface area contributed by atoms with E-state index in [1.807, 2.05) is 19.9 Å². The van der Waals surface area contributed by atoms with Crippen LogP contribution in [0.15, 0.2) is 36.5 Å². The first-order valence-electron chi connectivity index (χ1n) is 10.3. The summed E-state index contributed by atoms with van der Waals surface area (Å²) in [6, 6.07) is 8.05. The molecule has 0 fully saturated rings. The number of benzene rings is 2. The highest BCUT2D eigenvalue weighted by Crippen LogP contribution is 2.41. The van der Waals surface area contributed by atoms with Crippen molar-refractivity contribution in [2.75, 3.05) is 13.7 Å². The molecule has 0 aliphatic carbocycles.